The maximum absolute atomic E-state index is 13.3. The second kappa shape index (κ2) is 6.71. The highest BCUT2D eigenvalue weighted by Crippen LogP contribution is 2.37. The van der Waals surface area contributed by atoms with Gasteiger partial charge >= 0.3 is 6.18 Å². The third-order valence-electron chi connectivity index (χ3n) is 3.16. The number of alkyl halides is 3. The standard InChI is InChI=1S/C17H13F3N2O2/c1-10-3-5-12(6-4-10)15-7-14(17(18,19)20)13(8-21)16(22-15)24-9-11(2)23/h3-7H,9H2,1-2H3. The normalized spacial score (nSPS) is 11.0. The van der Waals surface area contributed by atoms with E-state index in [9.17, 15) is 18.0 Å². The lowest BCUT2D eigenvalue weighted by atomic mass is 10.0. The number of carbonyl (C=O) groups excluding carboxylic acids is 1. The molecule has 0 fully saturated rings. The van der Waals surface area contributed by atoms with E-state index in [4.69, 9.17) is 10.00 Å². The van der Waals surface area contributed by atoms with Crippen LogP contribution in [0.2, 0.25) is 0 Å². The van der Waals surface area contributed by atoms with Gasteiger partial charge in [-0.2, -0.15) is 18.4 Å². The lowest BCUT2D eigenvalue weighted by Crippen LogP contribution is -2.14. The Balaban J connectivity index is 2.64. The SMILES string of the molecule is CC(=O)COc1nc(-c2ccc(C)cc2)cc(C(F)(F)F)c1C#N. The molecule has 4 nitrogen and oxygen atoms in total. The van der Waals surface area contributed by atoms with Crippen LogP contribution in [0.5, 0.6) is 5.88 Å². The molecule has 0 radical (unpaired) electrons. The molecular formula is C17H13F3N2O2. The number of ketones is 1. The molecule has 7 heteroatoms. The molecule has 1 heterocycles. The summed E-state index contributed by atoms with van der Waals surface area (Å²) in [6, 6.07) is 8.99. The van der Waals surface area contributed by atoms with Gasteiger partial charge in [0.05, 0.1) is 11.3 Å². The van der Waals surface area contributed by atoms with Crippen LogP contribution in [0.25, 0.3) is 11.3 Å². The summed E-state index contributed by atoms with van der Waals surface area (Å²) < 4.78 is 44.8. The second-order valence-electron chi connectivity index (χ2n) is 5.20. The van der Waals surface area contributed by atoms with Gasteiger partial charge in [0.25, 0.3) is 0 Å². The molecule has 0 atom stereocenters. The number of aromatic nitrogens is 1. The average Bonchev–Trinajstić information content (AvgIpc) is 2.51. The maximum atomic E-state index is 13.3. The van der Waals surface area contributed by atoms with E-state index in [0.29, 0.717) is 5.56 Å². The fraction of sp³-hybridized carbons (Fsp3) is 0.235. The molecule has 0 saturated carbocycles. The van der Waals surface area contributed by atoms with E-state index in [-0.39, 0.29) is 5.69 Å². The number of hydrogen-bond acceptors (Lipinski definition) is 4. The minimum Gasteiger partial charge on any atom is -0.469 e. The molecule has 0 bridgehead atoms. The molecule has 0 aliphatic heterocycles. The molecule has 124 valence electrons. The van der Waals surface area contributed by atoms with Crippen molar-refractivity contribution in [3.8, 4) is 23.2 Å². The zero-order chi connectivity index (χ0) is 17.9. The minimum atomic E-state index is -4.75. The monoisotopic (exact) mass is 334 g/mol. The number of benzene rings is 1. The van der Waals surface area contributed by atoms with Gasteiger partial charge in [-0.1, -0.05) is 29.8 Å². The van der Waals surface area contributed by atoms with Crippen molar-refractivity contribution in [2.45, 2.75) is 20.0 Å². The van der Waals surface area contributed by atoms with Crippen molar-refractivity contribution in [1.29, 1.82) is 5.26 Å². The van der Waals surface area contributed by atoms with Crippen molar-refractivity contribution in [1.82, 2.24) is 4.98 Å². The summed E-state index contributed by atoms with van der Waals surface area (Å²) in [5.41, 5.74) is -0.478. The Morgan fingerprint density at radius 1 is 1.29 bits per heavy atom. The second-order valence-corrected chi connectivity index (χ2v) is 5.20. The third kappa shape index (κ3) is 3.90. The molecular weight excluding hydrogens is 321 g/mol. The van der Waals surface area contributed by atoms with Crippen LogP contribution < -0.4 is 4.74 Å². The first-order valence-electron chi connectivity index (χ1n) is 6.94. The van der Waals surface area contributed by atoms with E-state index >= 15 is 0 Å². The summed E-state index contributed by atoms with van der Waals surface area (Å²) in [6.45, 7) is 2.61. The van der Waals surface area contributed by atoms with Gasteiger partial charge in [-0.05, 0) is 19.9 Å². The Bertz CT molecular complexity index is 806. The first-order valence-corrected chi connectivity index (χ1v) is 6.94. The fourth-order valence-electron chi connectivity index (χ4n) is 2.00. The van der Waals surface area contributed by atoms with E-state index in [0.717, 1.165) is 11.6 Å². The molecule has 0 spiro atoms. The third-order valence-corrected chi connectivity index (χ3v) is 3.16. The van der Waals surface area contributed by atoms with Crippen LogP contribution >= 0.6 is 0 Å². The quantitative estimate of drug-likeness (QED) is 0.850. The first kappa shape index (κ1) is 17.5. The molecule has 0 N–H and O–H groups in total. The fourth-order valence-corrected chi connectivity index (χ4v) is 2.00. The van der Waals surface area contributed by atoms with Crippen molar-refractivity contribution >= 4 is 5.78 Å². The topological polar surface area (TPSA) is 63.0 Å². The van der Waals surface area contributed by atoms with E-state index in [1.54, 1.807) is 24.3 Å². The number of aryl methyl sites for hydroxylation is 1. The number of nitriles is 1. The summed E-state index contributed by atoms with van der Waals surface area (Å²) in [5, 5.41) is 9.07. The largest absolute Gasteiger partial charge is 0.469 e. The average molecular weight is 334 g/mol. The Morgan fingerprint density at radius 3 is 2.42 bits per heavy atom. The first-order chi connectivity index (χ1) is 11.2. The Hall–Kier alpha value is -2.88. The number of hydrogen-bond donors (Lipinski definition) is 0. The summed E-state index contributed by atoms with van der Waals surface area (Å²) in [5.74, 6) is -0.895. The van der Waals surface area contributed by atoms with Crippen molar-refractivity contribution in [2.75, 3.05) is 6.61 Å². The molecule has 0 unspecified atom stereocenters. The van der Waals surface area contributed by atoms with Gasteiger partial charge in [-0.25, -0.2) is 4.98 Å². The zero-order valence-electron chi connectivity index (χ0n) is 12.9. The predicted octanol–water partition coefficient (Wildman–Crippen LogP) is 3.92. The van der Waals surface area contributed by atoms with Gasteiger partial charge in [0.1, 0.15) is 18.2 Å². The number of pyridine rings is 1. The van der Waals surface area contributed by atoms with Crippen LogP contribution in [-0.4, -0.2) is 17.4 Å². The molecule has 1 aromatic carbocycles. The number of Topliss-reactive ketones (excluding diaryl/α,β-unsaturated/α-hetero) is 1. The van der Waals surface area contributed by atoms with Gasteiger partial charge in [0.15, 0.2) is 5.78 Å². The van der Waals surface area contributed by atoms with Crippen molar-refractivity contribution in [3.63, 3.8) is 0 Å². The molecule has 0 saturated heterocycles. The van der Waals surface area contributed by atoms with Gasteiger partial charge in [-0.15, -0.1) is 0 Å². The van der Waals surface area contributed by atoms with E-state index in [1.165, 1.54) is 13.0 Å². The summed E-state index contributed by atoms with van der Waals surface area (Å²) in [4.78, 5) is 15.0. The molecule has 2 rings (SSSR count). The Kier molecular flexibility index (Phi) is 4.88. The lowest BCUT2D eigenvalue weighted by Gasteiger charge is -2.14. The molecule has 2 aromatic rings. The van der Waals surface area contributed by atoms with E-state index in [1.807, 2.05) is 6.92 Å². The summed E-state index contributed by atoms with van der Waals surface area (Å²) in [6.07, 6.45) is -4.75. The van der Waals surface area contributed by atoms with Crippen molar-refractivity contribution in [3.05, 3.63) is 47.0 Å². The van der Waals surface area contributed by atoms with Gasteiger partial charge in [-0.3, -0.25) is 4.79 Å². The molecule has 0 amide bonds. The zero-order valence-corrected chi connectivity index (χ0v) is 12.9. The van der Waals surface area contributed by atoms with E-state index in [2.05, 4.69) is 4.98 Å². The van der Waals surface area contributed by atoms with Crippen molar-refractivity contribution < 1.29 is 22.7 Å². The Morgan fingerprint density at radius 2 is 1.92 bits per heavy atom. The Labute approximate surface area is 136 Å². The van der Waals surface area contributed by atoms with Gasteiger partial charge < -0.3 is 4.74 Å². The smallest absolute Gasteiger partial charge is 0.417 e. The summed E-state index contributed by atoms with van der Waals surface area (Å²) >= 11 is 0. The van der Waals surface area contributed by atoms with Crippen LogP contribution in [0.3, 0.4) is 0 Å². The maximum Gasteiger partial charge on any atom is 0.417 e. The van der Waals surface area contributed by atoms with Gasteiger partial charge in [0, 0.05) is 5.56 Å². The highest BCUT2D eigenvalue weighted by Gasteiger charge is 2.36. The summed E-state index contributed by atoms with van der Waals surface area (Å²) in [7, 11) is 0. The molecule has 0 aliphatic carbocycles. The number of rotatable bonds is 4. The number of ether oxygens (including phenoxy) is 1. The number of nitrogens with zero attached hydrogens (tertiary/aromatic N) is 2. The van der Waals surface area contributed by atoms with Crippen molar-refractivity contribution in [2.24, 2.45) is 0 Å². The van der Waals surface area contributed by atoms with Crippen LogP contribution in [0, 0.1) is 18.3 Å². The van der Waals surface area contributed by atoms with Crippen LogP contribution in [0.1, 0.15) is 23.6 Å². The van der Waals surface area contributed by atoms with Crippen LogP contribution in [-0.2, 0) is 11.0 Å². The highest BCUT2D eigenvalue weighted by molar-refractivity contribution is 5.77. The molecule has 0 aliphatic rings. The molecule has 1 aromatic heterocycles. The number of carbonyl (C=O) groups is 1. The van der Waals surface area contributed by atoms with Crippen LogP contribution in [0.4, 0.5) is 13.2 Å². The minimum absolute atomic E-state index is 0.0138. The molecule has 24 heavy (non-hydrogen) atoms. The predicted molar refractivity (Wildman–Crippen MR) is 80.3 cm³/mol. The van der Waals surface area contributed by atoms with Gasteiger partial charge in [0.2, 0.25) is 5.88 Å². The highest BCUT2D eigenvalue weighted by atomic mass is 19.4. The number of halogens is 3. The lowest BCUT2D eigenvalue weighted by molar-refractivity contribution is -0.137. The van der Waals surface area contributed by atoms with Crippen LogP contribution in [0.15, 0.2) is 30.3 Å². The van der Waals surface area contributed by atoms with E-state index < -0.39 is 35.6 Å².